The van der Waals surface area contributed by atoms with Crippen molar-refractivity contribution in [3.63, 3.8) is 0 Å². The molecule has 38 heavy (non-hydrogen) atoms. The molecule has 0 bridgehead atoms. The minimum Gasteiger partial charge on any atom is -0.497 e. The summed E-state index contributed by atoms with van der Waals surface area (Å²) in [4.78, 5) is 21.3. The first kappa shape index (κ1) is 24.6. The van der Waals surface area contributed by atoms with Gasteiger partial charge in [-0.05, 0) is 77.5 Å². The number of piperazine rings is 1. The van der Waals surface area contributed by atoms with Crippen LogP contribution in [0.25, 0.3) is 10.9 Å². The van der Waals surface area contributed by atoms with E-state index in [2.05, 4.69) is 54.6 Å². The lowest BCUT2D eigenvalue weighted by Gasteiger charge is -2.39. The minimum atomic E-state index is -0.376. The van der Waals surface area contributed by atoms with Crippen LogP contribution in [0.1, 0.15) is 35.8 Å². The Balaban J connectivity index is 1.34. The Kier molecular flexibility index (Phi) is 6.82. The fourth-order valence-corrected chi connectivity index (χ4v) is 5.58. The number of tetrazole rings is 1. The second-order valence-electron chi connectivity index (χ2n) is 10.1. The van der Waals surface area contributed by atoms with Gasteiger partial charge in [-0.2, -0.15) is 0 Å². The van der Waals surface area contributed by atoms with Gasteiger partial charge in [0.05, 0.1) is 19.8 Å². The van der Waals surface area contributed by atoms with E-state index in [4.69, 9.17) is 9.47 Å². The summed E-state index contributed by atoms with van der Waals surface area (Å²) in [5, 5.41) is 13.8. The number of anilines is 1. The zero-order valence-electron chi connectivity index (χ0n) is 21.8. The van der Waals surface area contributed by atoms with E-state index < -0.39 is 0 Å². The van der Waals surface area contributed by atoms with Crippen molar-refractivity contribution in [1.82, 2.24) is 30.1 Å². The molecule has 2 fully saturated rings. The first-order valence-electron chi connectivity index (χ1n) is 13.2. The third kappa shape index (κ3) is 4.89. The van der Waals surface area contributed by atoms with Gasteiger partial charge in [0, 0.05) is 49.6 Å². The second-order valence-corrected chi connectivity index (χ2v) is 10.1. The van der Waals surface area contributed by atoms with Gasteiger partial charge in [-0.1, -0.05) is 12.1 Å². The van der Waals surface area contributed by atoms with Gasteiger partial charge in [0.15, 0.2) is 5.82 Å². The molecule has 198 valence electrons. The smallest absolute Gasteiger partial charge is 0.253 e. The number of aromatic nitrogens is 5. The van der Waals surface area contributed by atoms with Crippen LogP contribution in [0.2, 0.25) is 0 Å². The van der Waals surface area contributed by atoms with E-state index in [9.17, 15) is 4.79 Å². The van der Waals surface area contributed by atoms with Crippen LogP contribution in [-0.4, -0.2) is 76.1 Å². The fraction of sp³-hybridized carbons (Fsp3) is 0.429. The van der Waals surface area contributed by atoms with Crippen LogP contribution in [0.4, 0.5) is 5.69 Å². The molecule has 0 unspecified atom stereocenters. The van der Waals surface area contributed by atoms with E-state index in [0.29, 0.717) is 17.9 Å². The standard InChI is InChI=1S/C28H33N7O3/c1-19-5-6-20-17-24(28(36)29-25(20)16-19)26(27-30-31-32-35(27)18-23-4-3-15-38-23)34-13-11-33(12-14-34)21-7-9-22(37-2)10-8-21/h5-10,16-17,23,26H,3-4,11-15,18H2,1-2H3,(H,29,36)/t23-,26-/m0/s1. The summed E-state index contributed by atoms with van der Waals surface area (Å²) in [7, 11) is 1.68. The first-order valence-corrected chi connectivity index (χ1v) is 13.2. The summed E-state index contributed by atoms with van der Waals surface area (Å²) >= 11 is 0. The highest BCUT2D eigenvalue weighted by atomic mass is 16.5. The maximum Gasteiger partial charge on any atom is 0.253 e. The largest absolute Gasteiger partial charge is 0.497 e. The number of rotatable bonds is 7. The van der Waals surface area contributed by atoms with Crippen molar-refractivity contribution in [2.75, 3.05) is 44.8 Å². The van der Waals surface area contributed by atoms with Crippen LogP contribution in [0, 0.1) is 6.92 Å². The average Bonchev–Trinajstić information content (AvgIpc) is 3.62. The second kappa shape index (κ2) is 10.5. The van der Waals surface area contributed by atoms with Gasteiger partial charge in [0.1, 0.15) is 11.8 Å². The normalized spacial score (nSPS) is 19.2. The van der Waals surface area contributed by atoms with Crippen molar-refractivity contribution in [3.05, 3.63) is 75.8 Å². The quantitative estimate of drug-likeness (QED) is 0.401. The number of aryl methyl sites for hydroxylation is 1. The molecule has 10 heteroatoms. The zero-order valence-corrected chi connectivity index (χ0v) is 21.8. The molecular formula is C28H33N7O3. The zero-order chi connectivity index (χ0) is 26.1. The highest BCUT2D eigenvalue weighted by molar-refractivity contribution is 5.79. The fourth-order valence-electron chi connectivity index (χ4n) is 5.58. The Morgan fingerprint density at radius 2 is 1.92 bits per heavy atom. The van der Waals surface area contributed by atoms with Crippen molar-refractivity contribution in [2.24, 2.45) is 0 Å². The molecule has 0 saturated carbocycles. The Morgan fingerprint density at radius 3 is 2.66 bits per heavy atom. The molecule has 2 aromatic carbocycles. The van der Waals surface area contributed by atoms with Crippen LogP contribution >= 0.6 is 0 Å². The SMILES string of the molecule is COc1ccc(N2CCN([C@@H](c3cc4ccc(C)cc4[nH]c3=O)c3nnnn3C[C@@H]3CCCO3)CC2)cc1. The van der Waals surface area contributed by atoms with Gasteiger partial charge in [-0.15, -0.1) is 5.10 Å². The number of nitrogens with one attached hydrogen (secondary N) is 1. The average molecular weight is 516 g/mol. The van der Waals surface area contributed by atoms with Crippen LogP contribution in [0.5, 0.6) is 5.75 Å². The first-order chi connectivity index (χ1) is 18.6. The number of ether oxygens (including phenoxy) is 2. The highest BCUT2D eigenvalue weighted by Gasteiger charge is 2.33. The molecule has 2 saturated heterocycles. The number of aromatic amines is 1. The molecular weight excluding hydrogens is 482 g/mol. The Labute approximate surface area is 221 Å². The summed E-state index contributed by atoms with van der Waals surface area (Å²) in [5.74, 6) is 1.52. The van der Waals surface area contributed by atoms with Crippen LogP contribution in [-0.2, 0) is 11.3 Å². The minimum absolute atomic E-state index is 0.0858. The molecule has 0 amide bonds. The lowest BCUT2D eigenvalue weighted by molar-refractivity contribution is 0.0906. The number of hydrogen-bond acceptors (Lipinski definition) is 8. The molecule has 2 atom stereocenters. The number of benzene rings is 2. The Hall–Kier alpha value is -3.76. The maximum absolute atomic E-state index is 13.5. The predicted molar refractivity (Wildman–Crippen MR) is 145 cm³/mol. The highest BCUT2D eigenvalue weighted by Crippen LogP contribution is 2.30. The van der Waals surface area contributed by atoms with Crippen molar-refractivity contribution in [1.29, 1.82) is 0 Å². The number of methoxy groups -OCH3 is 1. The molecule has 0 aliphatic carbocycles. The van der Waals surface area contributed by atoms with Gasteiger partial charge >= 0.3 is 0 Å². The van der Waals surface area contributed by atoms with Gasteiger partial charge in [-0.3, -0.25) is 9.69 Å². The van der Waals surface area contributed by atoms with Gasteiger partial charge < -0.3 is 19.4 Å². The molecule has 10 nitrogen and oxygen atoms in total. The third-order valence-corrected chi connectivity index (χ3v) is 7.65. The Bertz CT molecular complexity index is 1450. The topological polar surface area (TPSA) is 101 Å². The summed E-state index contributed by atoms with van der Waals surface area (Å²) < 4.78 is 13.0. The number of pyridine rings is 1. The molecule has 2 aliphatic rings. The van der Waals surface area contributed by atoms with E-state index >= 15 is 0 Å². The number of fused-ring (bicyclic) bond motifs is 1. The molecule has 2 aliphatic heterocycles. The van der Waals surface area contributed by atoms with Crippen molar-refractivity contribution < 1.29 is 9.47 Å². The van der Waals surface area contributed by atoms with Gasteiger partial charge in [-0.25, -0.2) is 4.68 Å². The van der Waals surface area contributed by atoms with E-state index in [1.807, 2.05) is 35.9 Å². The number of H-pyrrole nitrogens is 1. The molecule has 6 rings (SSSR count). The van der Waals surface area contributed by atoms with E-state index in [-0.39, 0.29) is 17.7 Å². The van der Waals surface area contributed by atoms with Gasteiger partial charge in [0.25, 0.3) is 5.56 Å². The van der Waals surface area contributed by atoms with Crippen molar-refractivity contribution in [3.8, 4) is 5.75 Å². The summed E-state index contributed by atoms with van der Waals surface area (Å²) in [6.07, 6.45) is 2.12. The molecule has 4 heterocycles. The molecule has 4 aromatic rings. The summed E-state index contributed by atoms with van der Waals surface area (Å²) in [5.41, 5.74) is 3.64. The van der Waals surface area contributed by atoms with Crippen molar-refractivity contribution >= 4 is 16.6 Å². The summed E-state index contributed by atoms with van der Waals surface area (Å²) in [6.45, 7) is 6.53. The lowest BCUT2D eigenvalue weighted by Crippen LogP contribution is -2.49. The van der Waals surface area contributed by atoms with Crippen LogP contribution in [0.15, 0.2) is 53.3 Å². The van der Waals surface area contributed by atoms with E-state index in [0.717, 1.165) is 73.5 Å². The maximum atomic E-state index is 13.5. The molecule has 0 spiro atoms. The summed E-state index contributed by atoms with van der Waals surface area (Å²) in [6, 6.07) is 15.9. The van der Waals surface area contributed by atoms with E-state index in [1.54, 1.807) is 7.11 Å². The van der Waals surface area contributed by atoms with E-state index in [1.165, 1.54) is 0 Å². The van der Waals surface area contributed by atoms with Crippen molar-refractivity contribution in [2.45, 2.75) is 38.5 Å². The number of nitrogens with zero attached hydrogens (tertiary/aromatic N) is 6. The Morgan fingerprint density at radius 1 is 1.11 bits per heavy atom. The lowest BCUT2D eigenvalue weighted by atomic mass is 10.0. The number of hydrogen-bond donors (Lipinski definition) is 1. The molecule has 0 radical (unpaired) electrons. The molecule has 1 N–H and O–H groups in total. The van der Waals surface area contributed by atoms with Gasteiger partial charge in [0.2, 0.25) is 0 Å². The predicted octanol–water partition coefficient (Wildman–Crippen LogP) is 2.92. The van der Waals surface area contributed by atoms with Crippen LogP contribution in [0.3, 0.4) is 0 Å². The van der Waals surface area contributed by atoms with Crippen LogP contribution < -0.4 is 15.2 Å². The third-order valence-electron chi connectivity index (χ3n) is 7.65. The molecule has 2 aromatic heterocycles. The monoisotopic (exact) mass is 515 g/mol.